The van der Waals surface area contributed by atoms with Crippen LogP contribution in [0, 0.1) is 12.3 Å². The Morgan fingerprint density at radius 2 is 2.00 bits per heavy atom. The molecule has 0 fully saturated rings. The summed E-state index contributed by atoms with van der Waals surface area (Å²) < 4.78 is 0. The largest absolute Gasteiger partial charge is 0.331 e. The Kier molecular flexibility index (Phi) is 4.31. The third-order valence-corrected chi connectivity index (χ3v) is 3.40. The SMILES string of the molecule is Cc1ccccc1[C@H](NC(=O)Nc1cn[nH]c1)C(C)(C)C. The molecule has 0 unspecified atom stereocenters. The van der Waals surface area contributed by atoms with Crippen LogP contribution in [0.5, 0.6) is 0 Å². The minimum absolute atomic E-state index is 0.0781. The number of aromatic amines is 1. The van der Waals surface area contributed by atoms with Gasteiger partial charge in [0.2, 0.25) is 0 Å². The second kappa shape index (κ2) is 5.99. The minimum Gasteiger partial charge on any atom is -0.331 e. The highest BCUT2D eigenvalue weighted by atomic mass is 16.2. The molecular weight excluding hydrogens is 264 g/mol. The van der Waals surface area contributed by atoms with E-state index in [9.17, 15) is 4.79 Å². The average molecular weight is 286 g/mol. The van der Waals surface area contributed by atoms with Gasteiger partial charge in [0.15, 0.2) is 0 Å². The van der Waals surface area contributed by atoms with E-state index in [1.807, 2.05) is 12.1 Å². The summed E-state index contributed by atoms with van der Waals surface area (Å²) in [4.78, 5) is 12.2. The van der Waals surface area contributed by atoms with E-state index in [0.717, 1.165) is 5.56 Å². The summed E-state index contributed by atoms with van der Waals surface area (Å²) in [6.45, 7) is 8.40. The zero-order valence-electron chi connectivity index (χ0n) is 12.9. The van der Waals surface area contributed by atoms with Gasteiger partial charge in [-0.1, -0.05) is 45.0 Å². The Morgan fingerprint density at radius 3 is 2.57 bits per heavy atom. The molecule has 0 saturated heterocycles. The first-order valence-corrected chi connectivity index (χ1v) is 7.00. The van der Waals surface area contributed by atoms with Crippen LogP contribution in [0.25, 0.3) is 0 Å². The van der Waals surface area contributed by atoms with Gasteiger partial charge in [0.1, 0.15) is 0 Å². The molecule has 2 amide bonds. The molecule has 0 aliphatic rings. The lowest BCUT2D eigenvalue weighted by Gasteiger charge is -2.33. The van der Waals surface area contributed by atoms with Crippen molar-refractivity contribution < 1.29 is 4.79 Å². The van der Waals surface area contributed by atoms with Crippen molar-refractivity contribution in [3.8, 4) is 0 Å². The fourth-order valence-electron chi connectivity index (χ4n) is 2.29. The van der Waals surface area contributed by atoms with Crippen molar-refractivity contribution >= 4 is 11.7 Å². The van der Waals surface area contributed by atoms with E-state index in [1.54, 1.807) is 12.4 Å². The maximum absolute atomic E-state index is 12.2. The van der Waals surface area contributed by atoms with Crippen LogP contribution in [0.15, 0.2) is 36.7 Å². The summed E-state index contributed by atoms with van der Waals surface area (Å²) >= 11 is 0. The van der Waals surface area contributed by atoms with Crippen molar-refractivity contribution in [2.24, 2.45) is 5.41 Å². The molecule has 0 saturated carbocycles. The Morgan fingerprint density at radius 1 is 1.29 bits per heavy atom. The van der Waals surface area contributed by atoms with E-state index in [2.05, 4.69) is 60.7 Å². The summed E-state index contributed by atoms with van der Waals surface area (Å²) in [7, 11) is 0. The van der Waals surface area contributed by atoms with Crippen LogP contribution in [-0.4, -0.2) is 16.2 Å². The fraction of sp³-hybridized carbons (Fsp3) is 0.375. The summed E-state index contributed by atoms with van der Waals surface area (Å²) in [5.41, 5.74) is 2.85. The number of nitrogens with zero attached hydrogens (tertiary/aromatic N) is 1. The number of carbonyl (C=O) groups excluding carboxylic acids is 1. The van der Waals surface area contributed by atoms with Gasteiger partial charge in [-0.05, 0) is 23.5 Å². The zero-order chi connectivity index (χ0) is 15.5. The van der Waals surface area contributed by atoms with Crippen LogP contribution in [0.2, 0.25) is 0 Å². The lowest BCUT2D eigenvalue weighted by atomic mass is 9.81. The van der Waals surface area contributed by atoms with Crippen molar-refractivity contribution in [2.75, 3.05) is 5.32 Å². The molecule has 5 nitrogen and oxygen atoms in total. The predicted octanol–water partition coefficient (Wildman–Crippen LogP) is 3.63. The maximum atomic E-state index is 12.2. The molecular formula is C16H22N4O. The Bertz CT molecular complexity index is 599. The van der Waals surface area contributed by atoms with Gasteiger partial charge < -0.3 is 10.6 Å². The summed E-state index contributed by atoms with van der Waals surface area (Å²) in [6.07, 6.45) is 3.21. The molecule has 5 heteroatoms. The van der Waals surface area contributed by atoms with E-state index in [1.165, 1.54) is 5.56 Å². The molecule has 0 aliphatic carbocycles. The standard InChI is InChI=1S/C16H22N4O/c1-11-7-5-6-8-13(11)14(16(2,3)4)20-15(21)19-12-9-17-18-10-12/h5-10,14H,1-4H3,(H,17,18)(H2,19,20,21)/t14-/m0/s1. The highest BCUT2D eigenvalue weighted by Crippen LogP contribution is 2.34. The van der Waals surface area contributed by atoms with Crippen molar-refractivity contribution in [3.05, 3.63) is 47.8 Å². The van der Waals surface area contributed by atoms with Gasteiger partial charge >= 0.3 is 6.03 Å². The second-order valence-corrected chi connectivity index (χ2v) is 6.24. The van der Waals surface area contributed by atoms with Crippen LogP contribution in [0.3, 0.4) is 0 Å². The molecule has 1 aromatic carbocycles. The third kappa shape index (κ3) is 3.84. The normalized spacial score (nSPS) is 12.8. The van der Waals surface area contributed by atoms with E-state index in [4.69, 9.17) is 0 Å². The van der Waals surface area contributed by atoms with Gasteiger partial charge in [-0.25, -0.2) is 4.79 Å². The number of carbonyl (C=O) groups is 1. The van der Waals surface area contributed by atoms with Crippen molar-refractivity contribution in [1.82, 2.24) is 15.5 Å². The van der Waals surface area contributed by atoms with Crippen LogP contribution < -0.4 is 10.6 Å². The molecule has 1 aromatic heterocycles. The number of aryl methyl sites for hydroxylation is 1. The monoisotopic (exact) mass is 286 g/mol. The Labute approximate surface area is 125 Å². The average Bonchev–Trinajstić information content (AvgIpc) is 2.88. The Hall–Kier alpha value is -2.30. The van der Waals surface area contributed by atoms with E-state index >= 15 is 0 Å². The number of H-pyrrole nitrogens is 1. The molecule has 21 heavy (non-hydrogen) atoms. The molecule has 0 radical (unpaired) electrons. The van der Waals surface area contributed by atoms with Gasteiger partial charge in [0.25, 0.3) is 0 Å². The first-order chi connectivity index (χ1) is 9.88. The van der Waals surface area contributed by atoms with Gasteiger partial charge in [0.05, 0.1) is 17.9 Å². The number of rotatable bonds is 3. The number of benzene rings is 1. The van der Waals surface area contributed by atoms with Crippen LogP contribution in [0.4, 0.5) is 10.5 Å². The molecule has 0 bridgehead atoms. The molecule has 0 aliphatic heterocycles. The quantitative estimate of drug-likeness (QED) is 0.806. The van der Waals surface area contributed by atoms with Gasteiger partial charge in [0, 0.05) is 6.20 Å². The van der Waals surface area contributed by atoms with Crippen molar-refractivity contribution in [3.63, 3.8) is 0 Å². The lowest BCUT2D eigenvalue weighted by molar-refractivity contribution is 0.229. The van der Waals surface area contributed by atoms with Gasteiger partial charge in [-0.2, -0.15) is 5.10 Å². The second-order valence-electron chi connectivity index (χ2n) is 6.24. The summed E-state index contributed by atoms with van der Waals surface area (Å²) in [5, 5.41) is 12.3. The van der Waals surface area contributed by atoms with Crippen LogP contribution in [0.1, 0.15) is 37.9 Å². The third-order valence-electron chi connectivity index (χ3n) is 3.40. The highest BCUT2D eigenvalue weighted by molar-refractivity contribution is 5.89. The van der Waals surface area contributed by atoms with E-state index in [0.29, 0.717) is 5.69 Å². The summed E-state index contributed by atoms with van der Waals surface area (Å²) in [5.74, 6) is 0. The first kappa shape index (κ1) is 15.1. The lowest BCUT2D eigenvalue weighted by Crippen LogP contribution is -2.39. The van der Waals surface area contributed by atoms with Crippen molar-refractivity contribution in [1.29, 1.82) is 0 Å². The minimum atomic E-state index is -0.237. The summed E-state index contributed by atoms with van der Waals surface area (Å²) in [6, 6.07) is 7.80. The van der Waals surface area contributed by atoms with Gasteiger partial charge in [-0.15, -0.1) is 0 Å². The maximum Gasteiger partial charge on any atom is 0.319 e. The van der Waals surface area contributed by atoms with Crippen molar-refractivity contribution in [2.45, 2.75) is 33.7 Å². The molecule has 0 spiro atoms. The van der Waals surface area contributed by atoms with Crippen LogP contribution in [-0.2, 0) is 0 Å². The number of aromatic nitrogens is 2. The number of nitrogens with one attached hydrogen (secondary N) is 3. The predicted molar refractivity (Wildman–Crippen MR) is 84.1 cm³/mol. The number of hydrogen-bond acceptors (Lipinski definition) is 2. The zero-order valence-corrected chi connectivity index (χ0v) is 12.9. The number of anilines is 1. The highest BCUT2D eigenvalue weighted by Gasteiger charge is 2.28. The molecule has 3 N–H and O–H groups in total. The fourth-order valence-corrected chi connectivity index (χ4v) is 2.29. The molecule has 1 atom stereocenters. The molecule has 1 heterocycles. The van der Waals surface area contributed by atoms with Gasteiger partial charge in [-0.3, -0.25) is 5.10 Å². The Balaban J connectivity index is 2.18. The first-order valence-electron chi connectivity index (χ1n) is 7.00. The van der Waals surface area contributed by atoms with E-state index in [-0.39, 0.29) is 17.5 Å². The van der Waals surface area contributed by atoms with Crippen LogP contribution >= 0.6 is 0 Å². The van der Waals surface area contributed by atoms with E-state index < -0.39 is 0 Å². The molecule has 2 aromatic rings. The number of amides is 2. The smallest absolute Gasteiger partial charge is 0.319 e. The number of urea groups is 1. The number of hydrogen-bond donors (Lipinski definition) is 3. The molecule has 112 valence electrons. The topological polar surface area (TPSA) is 69.8 Å². The molecule has 2 rings (SSSR count).